The molecule has 0 aliphatic carbocycles. The maximum Gasteiger partial charge on any atom is 0.0409 e. The molecule has 0 bridgehead atoms. The Labute approximate surface area is 127 Å². The lowest BCUT2D eigenvalue weighted by molar-refractivity contribution is 0.106. The second kappa shape index (κ2) is 7.41. The van der Waals surface area contributed by atoms with Gasteiger partial charge in [-0.25, -0.2) is 0 Å². The van der Waals surface area contributed by atoms with E-state index in [0.717, 1.165) is 36.6 Å². The number of piperazine rings is 1. The third-order valence-corrected chi connectivity index (χ3v) is 4.41. The van der Waals surface area contributed by atoms with Gasteiger partial charge >= 0.3 is 0 Å². The molecule has 1 atom stereocenters. The van der Waals surface area contributed by atoms with Gasteiger partial charge < -0.3 is 10.6 Å². The summed E-state index contributed by atoms with van der Waals surface area (Å²) < 4.78 is 0. The van der Waals surface area contributed by atoms with Crippen molar-refractivity contribution < 1.29 is 0 Å². The summed E-state index contributed by atoms with van der Waals surface area (Å²) in [5.74, 6) is 0. The Hall–Kier alpha value is -0.610. The average Bonchev–Trinajstić information content (AvgIpc) is 2.45. The van der Waals surface area contributed by atoms with E-state index in [-0.39, 0.29) is 6.04 Å². The molecule has 0 aromatic heterocycles. The molecule has 20 heavy (non-hydrogen) atoms. The quantitative estimate of drug-likeness (QED) is 0.906. The zero-order valence-corrected chi connectivity index (χ0v) is 13.3. The molecule has 112 valence electrons. The molecule has 1 unspecified atom stereocenters. The Morgan fingerprint density at radius 3 is 2.50 bits per heavy atom. The highest BCUT2D eigenvalue weighted by Crippen LogP contribution is 2.19. The molecular formula is C16H26ClN3. The largest absolute Gasteiger partial charge is 0.324 e. The number of hydrogen-bond donors (Lipinski definition) is 1. The van der Waals surface area contributed by atoms with Crippen LogP contribution in [-0.2, 0) is 0 Å². The van der Waals surface area contributed by atoms with Crippen molar-refractivity contribution in [1.29, 1.82) is 0 Å². The zero-order chi connectivity index (χ0) is 14.5. The van der Waals surface area contributed by atoms with Crippen LogP contribution in [0.15, 0.2) is 24.3 Å². The Kier molecular flexibility index (Phi) is 5.85. The van der Waals surface area contributed by atoms with E-state index in [4.69, 9.17) is 17.3 Å². The van der Waals surface area contributed by atoms with Gasteiger partial charge in [-0.3, -0.25) is 4.90 Å². The van der Waals surface area contributed by atoms with E-state index >= 15 is 0 Å². The molecule has 1 fully saturated rings. The van der Waals surface area contributed by atoms with Crippen LogP contribution in [0.1, 0.15) is 31.9 Å². The first-order valence-electron chi connectivity index (χ1n) is 7.53. The van der Waals surface area contributed by atoms with Gasteiger partial charge in [0.25, 0.3) is 0 Å². The maximum atomic E-state index is 6.26. The van der Waals surface area contributed by atoms with E-state index in [0.29, 0.717) is 6.04 Å². The second-order valence-corrected chi connectivity index (χ2v) is 6.36. The molecule has 1 aromatic rings. The van der Waals surface area contributed by atoms with Crippen molar-refractivity contribution in [2.75, 3.05) is 32.7 Å². The zero-order valence-electron chi connectivity index (χ0n) is 12.6. The summed E-state index contributed by atoms with van der Waals surface area (Å²) in [5.41, 5.74) is 7.40. The van der Waals surface area contributed by atoms with Crippen LogP contribution >= 0.6 is 11.6 Å². The van der Waals surface area contributed by atoms with Crippen LogP contribution in [0.2, 0.25) is 5.02 Å². The van der Waals surface area contributed by atoms with Crippen LogP contribution in [0.4, 0.5) is 0 Å². The maximum absolute atomic E-state index is 6.26. The van der Waals surface area contributed by atoms with Gasteiger partial charge in [-0.2, -0.15) is 0 Å². The lowest BCUT2D eigenvalue weighted by Crippen LogP contribution is -2.49. The molecule has 1 heterocycles. The van der Waals surface area contributed by atoms with Gasteiger partial charge in [-0.05, 0) is 38.0 Å². The predicted octanol–water partition coefficient (Wildman–Crippen LogP) is 2.76. The van der Waals surface area contributed by atoms with Crippen molar-refractivity contribution >= 4 is 11.6 Å². The molecule has 0 radical (unpaired) electrons. The highest BCUT2D eigenvalue weighted by atomic mass is 35.5. The fourth-order valence-corrected chi connectivity index (χ4v) is 2.93. The summed E-state index contributed by atoms with van der Waals surface area (Å²) in [6, 6.07) is 8.64. The molecule has 4 heteroatoms. The van der Waals surface area contributed by atoms with Crippen LogP contribution in [0.25, 0.3) is 0 Å². The van der Waals surface area contributed by atoms with E-state index in [1.807, 2.05) is 18.2 Å². The normalized spacial score (nSPS) is 19.4. The van der Waals surface area contributed by atoms with Crippen molar-refractivity contribution in [2.24, 2.45) is 5.73 Å². The van der Waals surface area contributed by atoms with Crippen LogP contribution in [0, 0.1) is 0 Å². The van der Waals surface area contributed by atoms with Crippen molar-refractivity contribution in [3.05, 3.63) is 34.9 Å². The molecule has 0 saturated carbocycles. The van der Waals surface area contributed by atoms with Crippen molar-refractivity contribution in [3.63, 3.8) is 0 Å². The fraction of sp³-hybridized carbons (Fsp3) is 0.625. The van der Waals surface area contributed by atoms with Crippen LogP contribution < -0.4 is 5.73 Å². The smallest absolute Gasteiger partial charge is 0.0409 e. The Morgan fingerprint density at radius 1 is 1.20 bits per heavy atom. The molecule has 2 N–H and O–H groups in total. The SMILES string of the molecule is CC(C)N1CCN(CCC(N)c2cccc(Cl)c2)CC1. The van der Waals surface area contributed by atoms with E-state index in [9.17, 15) is 0 Å². The molecule has 0 spiro atoms. The third kappa shape index (κ3) is 4.45. The summed E-state index contributed by atoms with van der Waals surface area (Å²) in [7, 11) is 0. The molecular weight excluding hydrogens is 270 g/mol. The minimum atomic E-state index is 0.0804. The van der Waals surface area contributed by atoms with Gasteiger partial charge in [0, 0.05) is 49.8 Å². The summed E-state index contributed by atoms with van der Waals surface area (Å²) >= 11 is 6.01. The summed E-state index contributed by atoms with van der Waals surface area (Å²) in [6.07, 6.45) is 0.988. The Morgan fingerprint density at radius 2 is 1.90 bits per heavy atom. The van der Waals surface area contributed by atoms with E-state index in [1.54, 1.807) is 0 Å². The highest BCUT2D eigenvalue weighted by Gasteiger charge is 2.19. The third-order valence-electron chi connectivity index (χ3n) is 4.17. The Bertz CT molecular complexity index is 414. The summed E-state index contributed by atoms with van der Waals surface area (Å²) in [4.78, 5) is 5.05. The Balaban J connectivity index is 1.76. The van der Waals surface area contributed by atoms with Gasteiger partial charge in [0.1, 0.15) is 0 Å². The number of hydrogen-bond acceptors (Lipinski definition) is 3. The minimum Gasteiger partial charge on any atom is -0.324 e. The topological polar surface area (TPSA) is 32.5 Å². The molecule has 1 aliphatic heterocycles. The van der Waals surface area contributed by atoms with Gasteiger partial charge in [-0.1, -0.05) is 23.7 Å². The molecule has 3 nitrogen and oxygen atoms in total. The van der Waals surface area contributed by atoms with Gasteiger partial charge in [0.2, 0.25) is 0 Å². The minimum absolute atomic E-state index is 0.0804. The molecule has 1 saturated heterocycles. The summed E-state index contributed by atoms with van der Waals surface area (Å²) in [5, 5.41) is 0.767. The van der Waals surface area contributed by atoms with E-state index < -0.39 is 0 Å². The first kappa shape index (κ1) is 15.8. The molecule has 1 aromatic carbocycles. The molecule has 2 rings (SSSR count). The van der Waals surface area contributed by atoms with Gasteiger partial charge in [-0.15, -0.1) is 0 Å². The lowest BCUT2D eigenvalue weighted by Gasteiger charge is -2.37. The van der Waals surface area contributed by atoms with E-state index in [2.05, 4.69) is 29.7 Å². The summed E-state index contributed by atoms with van der Waals surface area (Å²) in [6.45, 7) is 10.3. The van der Waals surface area contributed by atoms with Crippen molar-refractivity contribution in [3.8, 4) is 0 Å². The van der Waals surface area contributed by atoms with Crippen LogP contribution in [-0.4, -0.2) is 48.6 Å². The number of halogens is 1. The number of nitrogens with zero attached hydrogens (tertiary/aromatic N) is 2. The van der Waals surface area contributed by atoms with Gasteiger partial charge in [0.15, 0.2) is 0 Å². The highest BCUT2D eigenvalue weighted by molar-refractivity contribution is 6.30. The first-order chi connectivity index (χ1) is 9.56. The molecule has 1 aliphatic rings. The first-order valence-corrected chi connectivity index (χ1v) is 7.91. The number of rotatable bonds is 5. The van der Waals surface area contributed by atoms with Crippen LogP contribution in [0.3, 0.4) is 0 Å². The van der Waals surface area contributed by atoms with Crippen LogP contribution in [0.5, 0.6) is 0 Å². The van der Waals surface area contributed by atoms with Crippen molar-refractivity contribution in [1.82, 2.24) is 9.80 Å². The standard InChI is InChI=1S/C16H26ClN3/c1-13(2)20-10-8-19(9-11-20)7-6-16(18)14-4-3-5-15(17)12-14/h3-5,12-13,16H,6-11,18H2,1-2H3. The van der Waals surface area contributed by atoms with Crippen molar-refractivity contribution in [2.45, 2.75) is 32.4 Å². The number of benzene rings is 1. The average molecular weight is 296 g/mol. The molecule has 0 amide bonds. The van der Waals surface area contributed by atoms with Gasteiger partial charge in [0.05, 0.1) is 0 Å². The number of nitrogens with two attached hydrogens (primary N) is 1. The second-order valence-electron chi connectivity index (χ2n) is 5.92. The van der Waals surface area contributed by atoms with E-state index in [1.165, 1.54) is 13.1 Å². The fourth-order valence-electron chi connectivity index (χ4n) is 2.73. The monoisotopic (exact) mass is 295 g/mol. The predicted molar refractivity (Wildman–Crippen MR) is 86.1 cm³/mol. The lowest BCUT2D eigenvalue weighted by atomic mass is 10.0.